The molecule has 1 atom stereocenters. The summed E-state index contributed by atoms with van der Waals surface area (Å²) in [6, 6.07) is -0.238. The van der Waals surface area contributed by atoms with Gasteiger partial charge in [0.2, 0.25) is 11.7 Å². The van der Waals surface area contributed by atoms with Crippen LogP contribution in [0.15, 0.2) is 12.1 Å². The smallest absolute Gasteiger partial charge is 0.449 e. The van der Waals surface area contributed by atoms with Crippen molar-refractivity contribution in [1.82, 2.24) is 19.8 Å². The molecule has 0 spiro atoms. The summed E-state index contributed by atoms with van der Waals surface area (Å²) in [4.78, 5) is 43.0. The van der Waals surface area contributed by atoms with Crippen LogP contribution in [-0.2, 0) is 40.0 Å². The van der Waals surface area contributed by atoms with Gasteiger partial charge in [0.15, 0.2) is 17.3 Å². The van der Waals surface area contributed by atoms with Crippen molar-refractivity contribution < 1.29 is 50.2 Å². The number of fused-ring (bicyclic) bond motifs is 1. The highest BCUT2D eigenvalue weighted by molar-refractivity contribution is 5.89. The monoisotopic (exact) mass is 606 g/mol. The van der Waals surface area contributed by atoms with E-state index in [1.165, 1.54) is 0 Å². The van der Waals surface area contributed by atoms with Gasteiger partial charge >= 0.3 is 18.2 Å². The van der Waals surface area contributed by atoms with Crippen LogP contribution in [0.1, 0.15) is 74.5 Å². The Morgan fingerprint density at radius 1 is 1.05 bits per heavy atom. The molecule has 2 aromatic rings. The topological polar surface area (TPSA) is 103 Å². The zero-order valence-electron chi connectivity index (χ0n) is 23.5. The molecule has 15 heteroatoms. The quantitative estimate of drug-likeness (QED) is 0.184. The van der Waals surface area contributed by atoms with Gasteiger partial charge in [-0.05, 0) is 45.2 Å². The van der Waals surface area contributed by atoms with Gasteiger partial charge in [0.05, 0.1) is 18.8 Å². The predicted octanol–water partition coefficient (Wildman–Crippen LogP) is 5.14. The molecule has 1 aliphatic rings. The van der Waals surface area contributed by atoms with Crippen LogP contribution >= 0.6 is 0 Å². The number of esters is 1. The lowest BCUT2D eigenvalue weighted by Crippen LogP contribution is -2.45. The lowest BCUT2D eigenvalue weighted by molar-refractivity contribution is -0.148. The minimum absolute atomic E-state index is 0.0236. The van der Waals surface area contributed by atoms with Crippen LogP contribution in [0.4, 0.5) is 31.1 Å². The summed E-state index contributed by atoms with van der Waals surface area (Å²) in [7, 11) is 0. The van der Waals surface area contributed by atoms with Crippen molar-refractivity contribution in [1.29, 1.82) is 0 Å². The fourth-order valence-electron chi connectivity index (χ4n) is 4.31. The van der Waals surface area contributed by atoms with E-state index in [2.05, 4.69) is 10.3 Å². The number of nitrogens with one attached hydrogen (secondary N) is 1. The van der Waals surface area contributed by atoms with Crippen molar-refractivity contribution in [2.24, 2.45) is 0 Å². The molecule has 1 N–H and O–H groups in total. The van der Waals surface area contributed by atoms with E-state index >= 15 is 0 Å². The fraction of sp³-hybridized carbons (Fsp3) is 0.556. The number of unbranched alkanes of at least 4 members (excludes halogenated alkanes) is 1. The Hall–Kier alpha value is -3.78. The van der Waals surface area contributed by atoms with Gasteiger partial charge in [-0.25, -0.2) is 27.7 Å². The van der Waals surface area contributed by atoms with E-state index < -0.39 is 84.1 Å². The first kappa shape index (κ1) is 32.7. The van der Waals surface area contributed by atoms with Crippen molar-refractivity contribution in [2.75, 3.05) is 13.2 Å². The van der Waals surface area contributed by atoms with Crippen LogP contribution in [0.3, 0.4) is 0 Å². The molecule has 2 heterocycles. The van der Waals surface area contributed by atoms with Crippen LogP contribution in [-0.4, -0.2) is 57.2 Å². The van der Waals surface area contributed by atoms with Crippen LogP contribution < -0.4 is 5.32 Å². The lowest BCUT2D eigenvalue weighted by Gasteiger charge is -2.31. The van der Waals surface area contributed by atoms with Gasteiger partial charge in [-0.2, -0.15) is 13.2 Å². The van der Waals surface area contributed by atoms with Crippen molar-refractivity contribution >= 4 is 18.0 Å². The van der Waals surface area contributed by atoms with Crippen LogP contribution in [0.5, 0.6) is 0 Å². The second-order valence-electron chi connectivity index (χ2n) is 10.8. The standard InChI is InChI=1S/C27H32F6N4O5/c1-5-6-9-41-23(39)22-20-14-36(7-8-37(20)24(35-22)27(31,32)33)21(38)12-16(34-25(40)42-26(2,3)4)10-15-11-18(29)19(30)13-17(15)28/h11,13,16H,5-10,12,14H2,1-4H3,(H,34,40)/t16-/m1/s1. The molecule has 0 radical (unpaired) electrons. The van der Waals surface area contributed by atoms with E-state index in [9.17, 15) is 40.7 Å². The number of imidazole rings is 1. The van der Waals surface area contributed by atoms with E-state index in [0.29, 0.717) is 25.0 Å². The third kappa shape index (κ3) is 8.38. The number of amides is 2. The molecule has 0 fully saturated rings. The van der Waals surface area contributed by atoms with Gasteiger partial charge in [0.25, 0.3) is 0 Å². The zero-order chi connectivity index (χ0) is 31.4. The molecule has 2 amide bonds. The maximum Gasteiger partial charge on any atom is 0.449 e. The third-order valence-corrected chi connectivity index (χ3v) is 6.23. The Kier molecular flexibility index (Phi) is 10.2. The molecule has 3 rings (SSSR count). The maximum absolute atomic E-state index is 14.4. The number of carbonyl (C=O) groups excluding carboxylic acids is 3. The molecule has 9 nitrogen and oxygen atoms in total. The summed E-state index contributed by atoms with van der Waals surface area (Å²) in [5.74, 6) is -6.90. The third-order valence-electron chi connectivity index (χ3n) is 6.23. The number of halogens is 6. The van der Waals surface area contributed by atoms with Crippen molar-refractivity contribution in [3.63, 3.8) is 0 Å². The molecule has 0 saturated heterocycles. The fourth-order valence-corrected chi connectivity index (χ4v) is 4.31. The normalized spacial score (nSPS) is 14.3. The van der Waals surface area contributed by atoms with Crippen molar-refractivity contribution in [3.05, 3.63) is 52.4 Å². The molecule has 0 saturated carbocycles. The molecule has 0 aliphatic carbocycles. The Labute approximate surface area is 238 Å². The minimum atomic E-state index is -4.88. The lowest BCUT2D eigenvalue weighted by atomic mass is 10.0. The van der Waals surface area contributed by atoms with Crippen LogP contribution in [0.2, 0.25) is 0 Å². The number of hydrogen-bond acceptors (Lipinski definition) is 6. The van der Waals surface area contributed by atoms with Crippen molar-refractivity contribution in [2.45, 2.75) is 84.3 Å². The molecule has 0 unspecified atom stereocenters. The predicted molar refractivity (Wildman–Crippen MR) is 136 cm³/mol. The van der Waals surface area contributed by atoms with Gasteiger partial charge in [-0.1, -0.05) is 13.3 Å². The summed E-state index contributed by atoms with van der Waals surface area (Å²) >= 11 is 0. The van der Waals surface area contributed by atoms with E-state index in [0.717, 1.165) is 9.47 Å². The Bertz CT molecular complexity index is 1320. The number of ether oxygens (including phenoxy) is 2. The largest absolute Gasteiger partial charge is 0.461 e. The number of alkyl carbamates (subject to hydrolysis) is 1. The van der Waals surface area contributed by atoms with E-state index in [4.69, 9.17) is 9.47 Å². The highest BCUT2D eigenvalue weighted by Crippen LogP contribution is 2.33. The summed E-state index contributed by atoms with van der Waals surface area (Å²) in [6.07, 6.45) is -5.62. The van der Waals surface area contributed by atoms with E-state index in [1.54, 1.807) is 20.8 Å². The Morgan fingerprint density at radius 2 is 1.71 bits per heavy atom. The van der Waals surface area contributed by atoms with Crippen molar-refractivity contribution in [3.8, 4) is 0 Å². The summed E-state index contributed by atoms with van der Waals surface area (Å²) in [5, 5.41) is 2.42. The second kappa shape index (κ2) is 13.0. The van der Waals surface area contributed by atoms with Gasteiger partial charge < -0.3 is 24.3 Å². The number of aromatic nitrogens is 2. The number of alkyl halides is 3. The molecule has 0 bridgehead atoms. The van der Waals surface area contributed by atoms with E-state index in [-0.39, 0.29) is 31.0 Å². The number of rotatable bonds is 9. The Morgan fingerprint density at radius 3 is 2.33 bits per heavy atom. The van der Waals surface area contributed by atoms with Gasteiger partial charge in [-0.3, -0.25) is 4.79 Å². The van der Waals surface area contributed by atoms with Gasteiger partial charge in [0, 0.05) is 31.6 Å². The number of hydrogen-bond donors (Lipinski definition) is 1. The zero-order valence-corrected chi connectivity index (χ0v) is 23.5. The molecule has 1 aromatic carbocycles. The maximum atomic E-state index is 14.4. The van der Waals surface area contributed by atoms with Gasteiger partial charge in [0.1, 0.15) is 11.4 Å². The minimum Gasteiger partial charge on any atom is -0.461 e. The molecule has 1 aromatic heterocycles. The number of nitrogens with zero attached hydrogens (tertiary/aromatic N) is 3. The molecule has 232 valence electrons. The highest BCUT2D eigenvalue weighted by atomic mass is 19.4. The second-order valence-corrected chi connectivity index (χ2v) is 10.8. The average molecular weight is 607 g/mol. The summed E-state index contributed by atoms with van der Waals surface area (Å²) < 4.78 is 93.7. The molecule has 1 aliphatic heterocycles. The van der Waals surface area contributed by atoms with E-state index in [1.807, 2.05) is 6.92 Å². The average Bonchev–Trinajstić information content (AvgIpc) is 3.26. The SMILES string of the molecule is CCCCOC(=O)c1nc(C(F)(F)F)n2c1CN(C(=O)C[C@@H](Cc1cc(F)c(F)cc1F)NC(=O)OC(C)(C)C)CC2. The van der Waals surface area contributed by atoms with Gasteiger partial charge in [-0.15, -0.1) is 0 Å². The summed E-state index contributed by atoms with van der Waals surface area (Å²) in [5.41, 5.74) is -2.00. The van der Waals surface area contributed by atoms with Crippen LogP contribution in [0, 0.1) is 17.5 Å². The first-order valence-corrected chi connectivity index (χ1v) is 13.2. The molecule has 42 heavy (non-hydrogen) atoms. The number of carbonyl (C=O) groups is 3. The first-order valence-electron chi connectivity index (χ1n) is 13.2. The molecular formula is C27H32F6N4O5. The van der Waals surface area contributed by atoms with Crippen LogP contribution in [0.25, 0.3) is 0 Å². The highest BCUT2D eigenvalue weighted by Gasteiger charge is 2.42. The molecular weight excluding hydrogens is 574 g/mol. The first-order chi connectivity index (χ1) is 19.5. The number of benzene rings is 1. The summed E-state index contributed by atoms with van der Waals surface area (Å²) in [6.45, 7) is 5.59. The Balaban J connectivity index is 1.86.